The van der Waals surface area contributed by atoms with Crippen molar-refractivity contribution in [3.8, 4) is 0 Å². The van der Waals surface area contributed by atoms with Gasteiger partial charge < -0.3 is 5.11 Å². The number of carbonyl (C=O) groups excluding carboxylic acids is 2. The molecule has 0 aliphatic carbocycles. The highest BCUT2D eigenvalue weighted by molar-refractivity contribution is 8.26. The summed E-state index contributed by atoms with van der Waals surface area (Å²) in [5, 5.41) is 9.81. The fourth-order valence-corrected chi connectivity index (χ4v) is 5.44. The van der Waals surface area contributed by atoms with Gasteiger partial charge in [-0.05, 0) is 48.3 Å². The minimum Gasteiger partial charge on any atom is -0.480 e. The molecule has 5 nitrogen and oxygen atoms in total. The molecule has 1 atom stereocenters. The molecule has 1 N–H and O–H groups in total. The van der Waals surface area contributed by atoms with E-state index in [2.05, 4.69) is 0 Å². The Morgan fingerprint density at radius 3 is 2.32 bits per heavy atom. The van der Waals surface area contributed by atoms with Crippen LogP contribution in [-0.2, 0) is 16.0 Å². The molecule has 0 aromatic heterocycles. The molecule has 4 rings (SSSR count). The zero-order chi connectivity index (χ0) is 26.5. The maximum atomic E-state index is 13.1. The Kier molecular flexibility index (Phi) is 8.16. The van der Waals surface area contributed by atoms with Crippen LogP contribution in [0, 0.1) is 13.8 Å². The predicted octanol–water partition coefficient (Wildman–Crippen LogP) is 6.10. The van der Waals surface area contributed by atoms with Crippen molar-refractivity contribution < 1.29 is 19.5 Å². The molecule has 0 unspecified atom stereocenters. The smallest absolute Gasteiger partial charge is 0.327 e. The van der Waals surface area contributed by atoms with E-state index in [1.807, 2.05) is 86.6 Å². The van der Waals surface area contributed by atoms with Gasteiger partial charge in [0.15, 0.2) is 5.78 Å². The molecule has 1 aliphatic heterocycles. The standard InChI is InChI=1S/C30H25NO4S2/c1-19-8-14-24(20(2)16-19)26(32)15-13-21-9-11-23(12-10-21)18-27-28(33)31(30(36)37-27)25(29(34)35)17-22-6-4-3-5-7-22/h3-16,18,25H,17H2,1-2H3,(H,34,35)/b15-13+,27-18-/t25-/m0/s1. The third kappa shape index (κ3) is 6.31. The maximum Gasteiger partial charge on any atom is 0.327 e. The summed E-state index contributed by atoms with van der Waals surface area (Å²) in [4.78, 5) is 39.3. The van der Waals surface area contributed by atoms with Crippen LogP contribution in [0.3, 0.4) is 0 Å². The zero-order valence-electron chi connectivity index (χ0n) is 20.4. The Labute approximate surface area is 225 Å². The van der Waals surface area contributed by atoms with Crippen LogP contribution in [0.1, 0.15) is 38.2 Å². The van der Waals surface area contributed by atoms with Gasteiger partial charge in [0, 0.05) is 12.0 Å². The molecule has 0 saturated carbocycles. The molecule has 1 saturated heterocycles. The van der Waals surface area contributed by atoms with Gasteiger partial charge in [-0.25, -0.2) is 4.79 Å². The predicted molar refractivity (Wildman–Crippen MR) is 152 cm³/mol. The number of carbonyl (C=O) groups is 3. The van der Waals surface area contributed by atoms with Crippen molar-refractivity contribution in [2.24, 2.45) is 0 Å². The van der Waals surface area contributed by atoms with Gasteiger partial charge in [-0.2, -0.15) is 0 Å². The van der Waals surface area contributed by atoms with Gasteiger partial charge >= 0.3 is 5.97 Å². The van der Waals surface area contributed by atoms with Crippen LogP contribution in [0.25, 0.3) is 12.2 Å². The van der Waals surface area contributed by atoms with Crippen molar-refractivity contribution >= 4 is 58.1 Å². The van der Waals surface area contributed by atoms with E-state index in [4.69, 9.17) is 12.2 Å². The van der Waals surface area contributed by atoms with Gasteiger partial charge in [-0.1, -0.05) is 108 Å². The Bertz CT molecular complexity index is 1430. The second-order valence-electron chi connectivity index (χ2n) is 8.78. The number of hydrogen-bond donors (Lipinski definition) is 1. The minimum absolute atomic E-state index is 0.0614. The first-order valence-corrected chi connectivity index (χ1v) is 12.9. The van der Waals surface area contributed by atoms with Crippen molar-refractivity contribution in [3.63, 3.8) is 0 Å². The number of aliphatic carboxylic acids is 1. The van der Waals surface area contributed by atoms with Crippen LogP contribution >= 0.6 is 24.0 Å². The van der Waals surface area contributed by atoms with Gasteiger partial charge in [0.2, 0.25) is 0 Å². The van der Waals surface area contributed by atoms with E-state index < -0.39 is 17.9 Å². The Hall–Kier alpha value is -3.81. The molecular weight excluding hydrogens is 502 g/mol. The monoisotopic (exact) mass is 527 g/mol. The largest absolute Gasteiger partial charge is 0.480 e. The first-order chi connectivity index (χ1) is 17.7. The average molecular weight is 528 g/mol. The molecule has 1 aliphatic rings. The molecule has 0 radical (unpaired) electrons. The summed E-state index contributed by atoms with van der Waals surface area (Å²) in [6.07, 6.45) is 5.18. The first kappa shape index (κ1) is 26.3. The molecule has 0 spiro atoms. The number of aryl methyl sites for hydroxylation is 2. The van der Waals surface area contributed by atoms with Crippen molar-refractivity contribution in [1.82, 2.24) is 4.90 Å². The highest BCUT2D eigenvalue weighted by Gasteiger charge is 2.40. The van der Waals surface area contributed by atoms with E-state index in [0.29, 0.717) is 10.5 Å². The van der Waals surface area contributed by atoms with E-state index in [9.17, 15) is 19.5 Å². The van der Waals surface area contributed by atoms with Gasteiger partial charge in [-0.3, -0.25) is 14.5 Å². The number of amides is 1. The first-order valence-electron chi connectivity index (χ1n) is 11.7. The van der Waals surface area contributed by atoms with E-state index >= 15 is 0 Å². The second-order valence-corrected chi connectivity index (χ2v) is 10.5. The third-order valence-corrected chi connectivity index (χ3v) is 7.33. The van der Waals surface area contributed by atoms with E-state index in [-0.39, 0.29) is 16.5 Å². The maximum absolute atomic E-state index is 13.1. The number of carboxylic acids is 1. The summed E-state index contributed by atoms with van der Waals surface area (Å²) in [5.41, 5.74) is 5.15. The fourth-order valence-electron chi connectivity index (χ4n) is 4.08. The number of ketones is 1. The van der Waals surface area contributed by atoms with Gasteiger partial charge in [0.1, 0.15) is 10.4 Å². The zero-order valence-corrected chi connectivity index (χ0v) is 22.0. The van der Waals surface area contributed by atoms with E-state index in [1.54, 1.807) is 18.2 Å². The average Bonchev–Trinajstić information content (AvgIpc) is 3.14. The lowest BCUT2D eigenvalue weighted by Crippen LogP contribution is -2.45. The molecule has 3 aromatic rings. The van der Waals surface area contributed by atoms with Crippen LogP contribution in [-0.4, -0.2) is 38.0 Å². The van der Waals surface area contributed by atoms with Gasteiger partial charge in [0.25, 0.3) is 5.91 Å². The number of allylic oxidation sites excluding steroid dienone is 1. The Balaban J connectivity index is 1.47. The van der Waals surface area contributed by atoms with Crippen LogP contribution in [0.2, 0.25) is 0 Å². The SMILES string of the molecule is Cc1ccc(C(=O)/C=C/c2ccc(/C=C3\SC(=S)N([C@@H](Cc4ccccc4)C(=O)O)C3=O)cc2)c(C)c1. The topological polar surface area (TPSA) is 74.7 Å². The van der Waals surface area contributed by atoms with Crippen molar-refractivity contribution in [3.05, 3.63) is 117 Å². The van der Waals surface area contributed by atoms with Gasteiger partial charge in [0.05, 0.1) is 4.91 Å². The second kappa shape index (κ2) is 11.5. The van der Waals surface area contributed by atoms with Gasteiger partial charge in [-0.15, -0.1) is 0 Å². The van der Waals surface area contributed by atoms with Crippen molar-refractivity contribution in [2.75, 3.05) is 0 Å². The minimum atomic E-state index is -1.10. The molecule has 186 valence electrons. The molecule has 0 bridgehead atoms. The number of rotatable bonds is 8. The van der Waals surface area contributed by atoms with Crippen molar-refractivity contribution in [2.45, 2.75) is 26.3 Å². The number of hydrogen-bond acceptors (Lipinski definition) is 5. The highest BCUT2D eigenvalue weighted by atomic mass is 32.2. The lowest BCUT2D eigenvalue weighted by Gasteiger charge is -2.23. The number of thioether (sulfide) groups is 1. The Morgan fingerprint density at radius 1 is 1.00 bits per heavy atom. The normalized spacial score (nSPS) is 15.5. The summed E-state index contributed by atoms with van der Waals surface area (Å²) in [6.45, 7) is 3.91. The number of carboxylic acid groups (broad SMARTS) is 1. The van der Waals surface area contributed by atoms with Crippen LogP contribution in [0.4, 0.5) is 0 Å². The lowest BCUT2D eigenvalue weighted by atomic mass is 10.0. The number of benzene rings is 3. The summed E-state index contributed by atoms with van der Waals surface area (Å²) in [7, 11) is 0. The molecule has 7 heteroatoms. The summed E-state index contributed by atoms with van der Waals surface area (Å²) in [5.74, 6) is -1.58. The molecule has 1 fully saturated rings. The number of thiocarbonyl (C=S) groups is 1. The number of nitrogens with zero attached hydrogens (tertiary/aromatic N) is 1. The molecule has 37 heavy (non-hydrogen) atoms. The van der Waals surface area contributed by atoms with Crippen LogP contribution < -0.4 is 0 Å². The van der Waals surface area contributed by atoms with Crippen LogP contribution in [0.15, 0.2) is 83.8 Å². The fraction of sp³-hybridized carbons (Fsp3) is 0.133. The van der Waals surface area contributed by atoms with Crippen molar-refractivity contribution in [1.29, 1.82) is 0 Å². The van der Waals surface area contributed by atoms with E-state index in [1.165, 1.54) is 4.90 Å². The molecule has 1 amide bonds. The Morgan fingerprint density at radius 2 is 1.68 bits per heavy atom. The summed E-state index contributed by atoms with van der Waals surface area (Å²) >= 11 is 6.48. The molecular formula is C30H25NO4S2. The molecule has 1 heterocycles. The third-order valence-electron chi connectivity index (χ3n) is 6.00. The quantitative estimate of drug-likeness (QED) is 0.217. The summed E-state index contributed by atoms with van der Waals surface area (Å²) in [6, 6.07) is 21.2. The highest BCUT2D eigenvalue weighted by Crippen LogP contribution is 2.34. The van der Waals surface area contributed by atoms with E-state index in [0.717, 1.165) is 39.6 Å². The molecule has 3 aromatic carbocycles. The summed E-state index contributed by atoms with van der Waals surface area (Å²) < 4.78 is 0.226. The lowest BCUT2D eigenvalue weighted by molar-refractivity contribution is -0.145. The van der Waals surface area contributed by atoms with Crippen LogP contribution in [0.5, 0.6) is 0 Å².